The normalized spacial score (nSPS) is 17.3. The van der Waals surface area contributed by atoms with Crippen molar-refractivity contribution in [2.75, 3.05) is 12.1 Å². The van der Waals surface area contributed by atoms with Crippen molar-refractivity contribution in [2.24, 2.45) is 5.73 Å². The van der Waals surface area contributed by atoms with Crippen molar-refractivity contribution in [3.8, 4) is 17.2 Å². The maximum Gasteiger partial charge on any atom is 0.255 e. The van der Waals surface area contributed by atoms with Crippen LogP contribution in [-0.2, 0) is 6.54 Å². The number of benzene rings is 3. The molecule has 1 amide bonds. The van der Waals surface area contributed by atoms with Crippen molar-refractivity contribution in [2.45, 2.75) is 52.7 Å². The molecule has 2 aliphatic heterocycles. The summed E-state index contributed by atoms with van der Waals surface area (Å²) >= 11 is 0. The van der Waals surface area contributed by atoms with Gasteiger partial charge in [0, 0.05) is 23.4 Å². The van der Waals surface area contributed by atoms with Gasteiger partial charge >= 0.3 is 0 Å². The molecule has 0 saturated carbocycles. The zero-order valence-corrected chi connectivity index (χ0v) is 20.2. The van der Waals surface area contributed by atoms with E-state index in [1.165, 1.54) is 5.56 Å². The fourth-order valence-corrected chi connectivity index (χ4v) is 5.12. The summed E-state index contributed by atoms with van der Waals surface area (Å²) in [6.45, 7) is 11.1. The molecule has 5 rings (SSSR count). The van der Waals surface area contributed by atoms with Crippen LogP contribution in [0.4, 0.5) is 5.69 Å². The molecule has 2 heterocycles. The number of nitrogens with two attached hydrogens (primary N) is 1. The molecule has 0 fully saturated rings. The highest BCUT2D eigenvalue weighted by atomic mass is 16.7. The second-order valence-electron chi connectivity index (χ2n) is 9.60. The smallest absolute Gasteiger partial charge is 0.255 e. The van der Waals surface area contributed by atoms with Crippen LogP contribution >= 0.6 is 0 Å². The number of fused-ring (bicyclic) bond motifs is 2. The zero-order valence-electron chi connectivity index (χ0n) is 20.2. The van der Waals surface area contributed by atoms with Gasteiger partial charge in [-0.1, -0.05) is 24.3 Å². The quantitative estimate of drug-likeness (QED) is 0.550. The predicted octanol–water partition coefficient (Wildman–Crippen LogP) is 5.35. The Hall–Kier alpha value is -3.51. The maximum atomic E-state index is 13.2. The van der Waals surface area contributed by atoms with Crippen LogP contribution in [0.15, 0.2) is 42.5 Å². The standard InChI is InChI=1S/C28H30N2O4/c1-15-16(2)26-23(24(28(4,5)34-26)19-8-6-18(13-29)7-9-19)17(3)25(15)30-27(31)20-10-11-21-22(12-20)33-14-32-21/h6-12,24H,13-14,29H2,1-5H3,(H,30,31). The highest BCUT2D eigenvalue weighted by molar-refractivity contribution is 6.06. The molecule has 1 unspecified atom stereocenters. The average molecular weight is 459 g/mol. The number of hydrogen-bond acceptors (Lipinski definition) is 5. The van der Waals surface area contributed by atoms with Crippen molar-refractivity contribution >= 4 is 11.6 Å². The summed E-state index contributed by atoms with van der Waals surface area (Å²) in [5, 5.41) is 3.17. The summed E-state index contributed by atoms with van der Waals surface area (Å²) in [6.07, 6.45) is 0. The first-order valence-corrected chi connectivity index (χ1v) is 11.5. The summed E-state index contributed by atoms with van der Waals surface area (Å²) in [6, 6.07) is 13.6. The Morgan fingerprint density at radius 1 is 1.00 bits per heavy atom. The molecule has 2 aliphatic rings. The van der Waals surface area contributed by atoms with Crippen LogP contribution in [0.25, 0.3) is 0 Å². The van der Waals surface area contributed by atoms with E-state index < -0.39 is 5.60 Å². The van der Waals surface area contributed by atoms with Crippen molar-refractivity contribution < 1.29 is 19.0 Å². The van der Waals surface area contributed by atoms with E-state index in [1.54, 1.807) is 18.2 Å². The lowest BCUT2D eigenvalue weighted by molar-refractivity contribution is 0.102. The van der Waals surface area contributed by atoms with Crippen molar-refractivity contribution in [3.05, 3.63) is 81.4 Å². The van der Waals surface area contributed by atoms with Gasteiger partial charge in [0.25, 0.3) is 5.91 Å². The lowest BCUT2D eigenvalue weighted by atomic mass is 9.78. The Morgan fingerprint density at radius 3 is 2.41 bits per heavy atom. The van der Waals surface area contributed by atoms with E-state index in [4.69, 9.17) is 19.9 Å². The van der Waals surface area contributed by atoms with Crippen LogP contribution < -0.4 is 25.3 Å². The summed E-state index contributed by atoms with van der Waals surface area (Å²) in [5.41, 5.74) is 13.2. The molecule has 3 aromatic rings. The van der Waals surface area contributed by atoms with E-state index in [2.05, 4.69) is 57.3 Å². The van der Waals surface area contributed by atoms with Gasteiger partial charge in [0.05, 0.1) is 5.92 Å². The lowest BCUT2D eigenvalue weighted by Gasteiger charge is -2.27. The fraction of sp³-hybridized carbons (Fsp3) is 0.321. The number of rotatable bonds is 4. The molecule has 34 heavy (non-hydrogen) atoms. The van der Waals surface area contributed by atoms with Gasteiger partial charge in [0.15, 0.2) is 11.5 Å². The third-order valence-corrected chi connectivity index (χ3v) is 7.07. The third-order valence-electron chi connectivity index (χ3n) is 7.07. The number of hydrogen-bond donors (Lipinski definition) is 2. The Kier molecular flexibility index (Phi) is 5.29. The van der Waals surface area contributed by atoms with Crippen LogP contribution in [-0.4, -0.2) is 18.3 Å². The number of ether oxygens (including phenoxy) is 3. The monoisotopic (exact) mass is 458 g/mol. The van der Waals surface area contributed by atoms with Crippen LogP contribution in [0.5, 0.6) is 17.2 Å². The van der Waals surface area contributed by atoms with E-state index in [-0.39, 0.29) is 18.6 Å². The second kappa shape index (κ2) is 8.06. The number of amides is 1. The van der Waals surface area contributed by atoms with Crippen LogP contribution in [0, 0.1) is 20.8 Å². The molecule has 0 spiro atoms. The Morgan fingerprint density at radius 2 is 1.71 bits per heavy atom. The number of carbonyl (C=O) groups excluding carboxylic acids is 1. The first-order valence-electron chi connectivity index (χ1n) is 11.5. The number of carbonyl (C=O) groups is 1. The molecule has 0 aliphatic carbocycles. The molecule has 6 nitrogen and oxygen atoms in total. The summed E-state index contributed by atoms with van der Waals surface area (Å²) in [4.78, 5) is 13.2. The average Bonchev–Trinajstić information content (AvgIpc) is 3.41. The van der Waals surface area contributed by atoms with Gasteiger partial charge in [-0.2, -0.15) is 0 Å². The van der Waals surface area contributed by atoms with E-state index in [0.29, 0.717) is 23.6 Å². The van der Waals surface area contributed by atoms with Crippen LogP contribution in [0.1, 0.15) is 63.5 Å². The molecule has 6 heteroatoms. The minimum absolute atomic E-state index is 0.0230. The highest BCUT2D eigenvalue weighted by Gasteiger charge is 2.45. The van der Waals surface area contributed by atoms with Crippen molar-refractivity contribution in [1.82, 2.24) is 0 Å². The van der Waals surface area contributed by atoms with E-state index >= 15 is 0 Å². The minimum Gasteiger partial charge on any atom is -0.486 e. The predicted molar refractivity (Wildman–Crippen MR) is 132 cm³/mol. The van der Waals surface area contributed by atoms with E-state index in [0.717, 1.165) is 39.3 Å². The minimum atomic E-state index is -0.436. The van der Waals surface area contributed by atoms with Crippen molar-refractivity contribution in [3.63, 3.8) is 0 Å². The molecular weight excluding hydrogens is 428 g/mol. The first-order chi connectivity index (χ1) is 16.2. The third kappa shape index (κ3) is 3.49. The number of anilines is 1. The highest BCUT2D eigenvalue weighted by Crippen LogP contribution is 2.53. The molecule has 0 saturated heterocycles. The van der Waals surface area contributed by atoms with Crippen molar-refractivity contribution in [1.29, 1.82) is 0 Å². The zero-order chi connectivity index (χ0) is 24.2. The molecule has 176 valence electrons. The van der Waals surface area contributed by atoms with Gasteiger partial charge in [-0.25, -0.2) is 0 Å². The van der Waals surface area contributed by atoms with E-state index in [1.807, 2.05) is 6.92 Å². The molecule has 3 aromatic carbocycles. The summed E-state index contributed by atoms with van der Waals surface area (Å²) < 4.78 is 17.3. The topological polar surface area (TPSA) is 82.8 Å². The van der Waals surface area contributed by atoms with Crippen LogP contribution in [0.2, 0.25) is 0 Å². The van der Waals surface area contributed by atoms with Gasteiger partial charge in [0.1, 0.15) is 11.4 Å². The largest absolute Gasteiger partial charge is 0.486 e. The fourth-order valence-electron chi connectivity index (χ4n) is 5.12. The molecule has 1 atom stereocenters. The molecule has 0 aromatic heterocycles. The number of nitrogens with one attached hydrogen (secondary N) is 1. The van der Waals surface area contributed by atoms with Gasteiger partial charge in [-0.15, -0.1) is 0 Å². The lowest BCUT2D eigenvalue weighted by Crippen LogP contribution is -2.31. The van der Waals surface area contributed by atoms with Gasteiger partial charge in [-0.05, 0) is 80.6 Å². The summed E-state index contributed by atoms with van der Waals surface area (Å²) in [7, 11) is 0. The Bertz CT molecular complexity index is 1290. The SMILES string of the molecule is Cc1c(C)c2c(c(C)c1NC(=O)c1ccc3c(c1)OCO3)C(c1ccc(CN)cc1)C(C)(C)O2. The van der Waals surface area contributed by atoms with Gasteiger partial charge in [0.2, 0.25) is 6.79 Å². The second-order valence-corrected chi connectivity index (χ2v) is 9.60. The molecule has 3 N–H and O–H groups in total. The first kappa shape index (κ1) is 22.3. The molecule has 0 bridgehead atoms. The Labute approximate surface area is 200 Å². The molecule has 0 radical (unpaired) electrons. The maximum absolute atomic E-state index is 13.2. The van der Waals surface area contributed by atoms with E-state index in [9.17, 15) is 4.79 Å². The van der Waals surface area contributed by atoms with Gasteiger partial charge < -0.3 is 25.3 Å². The summed E-state index contributed by atoms with van der Waals surface area (Å²) in [5.74, 6) is 1.98. The van der Waals surface area contributed by atoms with Gasteiger partial charge in [-0.3, -0.25) is 4.79 Å². The van der Waals surface area contributed by atoms with Crippen LogP contribution in [0.3, 0.4) is 0 Å². The molecular formula is C28H30N2O4. The Balaban J connectivity index is 1.57.